The number of rotatable bonds is 8. The number of hydrogen-bond donors (Lipinski definition) is 3. The summed E-state index contributed by atoms with van der Waals surface area (Å²) in [6, 6.07) is 12.5. The zero-order valence-electron chi connectivity index (χ0n) is 23.0. The molecular weight excluding hydrogens is 562 g/mol. The molecule has 0 spiro atoms. The quantitative estimate of drug-likeness (QED) is 0.159. The lowest BCUT2D eigenvalue weighted by molar-refractivity contribution is -0.141. The monoisotopic (exact) mass is 589 g/mol. The second kappa shape index (κ2) is 11.3. The standard InChI is InChI=1S/C31H27F4N7O/c1-18-13-20(17-36)10-12-39-30(18,11-9-19-5-6-19)22-7-8-24(32)25(15-22)40-29(43)26-16-27(31(33,34)35)41-42(26)23-4-2-3-21(14-23)28(37)38/h2-4,7-8,10,12-16,19H,5-6,9,11H2,1H3,(H3,37,38)(H,40,43). The molecule has 2 heterocycles. The number of carbonyl (C=O) groups excluding carboxylic acids is 1. The second-order valence-corrected chi connectivity index (χ2v) is 10.6. The van der Waals surface area contributed by atoms with Gasteiger partial charge in [0.05, 0.1) is 23.0 Å². The van der Waals surface area contributed by atoms with Gasteiger partial charge in [-0.3, -0.25) is 15.2 Å². The third-order valence-electron chi connectivity index (χ3n) is 7.64. The van der Waals surface area contributed by atoms with Crippen LogP contribution in [0.3, 0.4) is 0 Å². The summed E-state index contributed by atoms with van der Waals surface area (Å²) in [6.07, 6.45) is 3.65. The summed E-state index contributed by atoms with van der Waals surface area (Å²) in [5, 5.41) is 23.1. The van der Waals surface area contributed by atoms with Crippen molar-refractivity contribution in [3.05, 3.63) is 100 Å². The molecule has 1 unspecified atom stereocenters. The molecule has 220 valence electrons. The van der Waals surface area contributed by atoms with E-state index in [2.05, 4.69) is 16.5 Å². The zero-order chi connectivity index (χ0) is 30.9. The van der Waals surface area contributed by atoms with Crippen molar-refractivity contribution >= 4 is 23.6 Å². The van der Waals surface area contributed by atoms with Crippen molar-refractivity contribution in [2.24, 2.45) is 16.6 Å². The number of nitrogens with zero attached hydrogens (tertiary/aromatic N) is 4. The van der Waals surface area contributed by atoms with Crippen LogP contribution in [0.1, 0.15) is 59.9 Å². The number of allylic oxidation sites excluding steroid dienone is 3. The summed E-state index contributed by atoms with van der Waals surface area (Å²) < 4.78 is 56.9. The molecule has 8 nitrogen and oxygen atoms in total. The number of nitrogen functional groups attached to an aromatic ring is 1. The molecule has 2 aromatic carbocycles. The molecule has 2 aliphatic rings. The number of aromatic nitrogens is 2. The summed E-state index contributed by atoms with van der Waals surface area (Å²) in [4.78, 5) is 18.2. The Kier molecular flexibility index (Phi) is 7.75. The largest absolute Gasteiger partial charge is 0.435 e. The first-order valence-electron chi connectivity index (χ1n) is 13.5. The predicted molar refractivity (Wildman–Crippen MR) is 154 cm³/mol. The van der Waals surface area contributed by atoms with E-state index in [1.165, 1.54) is 36.4 Å². The van der Waals surface area contributed by atoms with Crippen molar-refractivity contribution in [2.45, 2.75) is 44.3 Å². The SMILES string of the molecule is CC1=CC(C#N)=CC=NC1(CCC1CC1)c1ccc(F)c(NC(=O)c2cc(C(F)(F)F)nn2-c2cccc(C(=N)N)c2)c1. The number of amides is 1. The number of hydrogen-bond acceptors (Lipinski definition) is 5. The number of nitrogens with two attached hydrogens (primary N) is 1. The first-order chi connectivity index (χ1) is 20.4. The zero-order valence-corrected chi connectivity index (χ0v) is 23.0. The molecule has 1 aromatic heterocycles. The molecule has 0 bridgehead atoms. The van der Waals surface area contributed by atoms with Gasteiger partial charge in [0.1, 0.15) is 22.9 Å². The number of nitriles is 1. The number of anilines is 1. The van der Waals surface area contributed by atoms with Crippen LogP contribution in [0.25, 0.3) is 5.69 Å². The van der Waals surface area contributed by atoms with Crippen LogP contribution >= 0.6 is 0 Å². The Hall–Kier alpha value is -5.05. The molecule has 1 aliphatic heterocycles. The topological polar surface area (TPSA) is 133 Å². The van der Waals surface area contributed by atoms with Crippen LogP contribution in [0.15, 0.2) is 76.8 Å². The lowest BCUT2D eigenvalue weighted by atomic mass is 9.78. The van der Waals surface area contributed by atoms with E-state index in [1.54, 1.807) is 24.4 Å². The van der Waals surface area contributed by atoms with E-state index < -0.39 is 34.8 Å². The van der Waals surface area contributed by atoms with E-state index in [4.69, 9.17) is 16.1 Å². The maximum absolute atomic E-state index is 15.2. The highest BCUT2D eigenvalue weighted by Crippen LogP contribution is 2.45. The summed E-state index contributed by atoms with van der Waals surface area (Å²) in [7, 11) is 0. The Morgan fingerprint density at radius 1 is 1.23 bits per heavy atom. The molecule has 3 aromatic rings. The number of nitrogens with one attached hydrogen (secondary N) is 2. The van der Waals surface area contributed by atoms with Crippen LogP contribution < -0.4 is 11.1 Å². The maximum Gasteiger partial charge on any atom is 0.435 e. The van der Waals surface area contributed by atoms with Crippen LogP contribution in [0.5, 0.6) is 0 Å². The van der Waals surface area contributed by atoms with E-state index in [-0.39, 0.29) is 22.8 Å². The summed E-state index contributed by atoms with van der Waals surface area (Å²) >= 11 is 0. The van der Waals surface area contributed by atoms with Gasteiger partial charge in [-0.15, -0.1) is 0 Å². The molecule has 1 aliphatic carbocycles. The van der Waals surface area contributed by atoms with Crippen molar-refractivity contribution in [1.29, 1.82) is 10.7 Å². The van der Waals surface area contributed by atoms with Crippen LogP contribution in [-0.2, 0) is 11.7 Å². The van der Waals surface area contributed by atoms with Crippen molar-refractivity contribution in [3.8, 4) is 11.8 Å². The van der Waals surface area contributed by atoms with E-state index >= 15 is 4.39 Å². The van der Waals surface area contributed by atoms with E-state index in [0.717, 1.165) is 29.5 Å². The normalized spacial score (nSPS) is 18.3. The van der Waals surface area contributed by atoms with Crippen molar-refractivity contribution in [1.82, 2.24) is 9.78 Å². The first kappa shape index (κ1) is 29.4. The van der Waals surface area contributed by atoms with Crippen molar-refractivity contribution < 1.29 is 22.4 Å². The minimum atomic E-state index is -4.87. The number of benzene rings is 2. The molecule has 1 atom stereocenters. The molecule has 1 amide bonds. The summed E-state index contributed by atoms with van der Waals surface area (Å²) in [5.41, 5.74) is 4.50. The lowest BCUT2D eigenvalue weighted by Crippen LogP contribution is -2.26. The fraction of sp³-hybridized carbons (Fsp3) is 0.258. The minimum absolute atomic E-state index is 0.0518. The molecule has 4 N–H and O–H groups in total. The highest BCUT2D eigenvalue weighted by molar-refractivity contribution is 6.04. The van der Waals surface area contributed by atoms with Crippen molar-refractivity contribution in [2.75, 3.05) is 5.32 Å². The Balaban J connectivity index is 1.54. The van der Waals surface area contributed by atoms with E-state index in [9.17, 15) is 23.2 Å². The number of alkyl halides is 3. The first-order valence-corrected chi connectivity index (χ1v) is 13.5. The maximum atomic E-state index is 15.2. The highest BCUT2D eigenvalue weighted by Gasteiger charge is 2.38. The highest BCUT2D eigenvalue weighted by atomic mass is 19.4. The fourth-order valence-corrected chi connectivity index (χ4v) is 5.09. The fourth-order valence-electron chi connectivity index (χ4n) is 5.09. The van der Waals surface area contributed by atoms with Gasteiger partial charge in [0, 0.05) is 17.8 Å². The van der Waals surface area contributed by atoms with Gasteiger partial charge in [-0.25, -0.2) is 9.07 Å². The van der Waals surface area contributed by atoms with Gasteiger partial charge in [0.2, 0.25) is 0 Å². The molecule has 12 heteroatoms. The Morgan fingerprint density at radius 3 is 2.67 bits per heavy atom. The molecule has 5 rings (SSSR count). The van der Waals surface area contributed by atoms with Crippen LogP contribution in [-0.4, -0.2) is 27.7 Å². The van der Waals surface area contributed by atoms with Gasteiger partial charge in [-0.1, -0.05) is 31.0 Å². The van der Waals surface area contributed by atoms with Crippen LogP contribution in [0.2, 0.25) is 0 Å². The van der Waals surface area contributed by atoms with Gasteiger partial charge in [0.15, 0.2) is 5.69 Å². The molecule has 43 heavy (non-hydrogen) atoms. The molecule has 0 radical (unpaired) electrons. The third kappa shape index (κ3) is 6.11. The van der Waals surface area contributed by atoms with Gasteiger partial charge >= 0.3 is 6.18 Å². The van der Waals surface area contributed by atoms with E-state index in [1.807, 2.05) is 6.92 Å². The number of amidine groups is 1. The van der Waals surface area contributed by atoms with Gasteiger partial charge in [0.25, 0.3) is 5.91 Å². The number of halogens is 4. The summed E-state index contributed by atoms with van der Waals surface area (Å²) in [6.45, 7) is 1.84. The van der Waals surface area contributed by atoms with Crippen LogP contribution in [0.4, 0.5) is 23.2 Å². The van der Waals surface area contributed by atoms with Crippen molar-refractivity contribution in [3.63, 3.8) is 0 Å². The second-order valence-electron chi connectivity index (χ2n) is 10.6. The average Bonchev–Trinajstić information content (AvgIpc) is 3.71. The molecular formula is C31H27F4N7O. The third-order valence-corrected chi connectivity index (χ3v) is 7.64. The minimum Gasteiger partial charge on any atom is -0.384 e. The molecule has 1 saturated carbocycles. The Labute approximate surface area is 244 Å². The van der Waals surface area contributed by atoms with Gasteiger partial charge < -0.3 is 11.1 Å². The lowest BCUT2D eigenvalue weighted by Gasteiger charge is -2.32. The number of carbonyl (C=O) groups is 1. The predicted octanol–water partition coefficient (Wildman–Crippen LogP) is 6.43. The Morgan fingerprint density at radius 2 is 2.00 bits per heavy atom. The number of aliphatic imine (C=N–C) groups is 1. The smallest absolute Gasteiger partial charge is 0.384 e. The summed E-state index contributed by atoms with van der Waals surface area (Å²) in [5.74, 6) is -1.61. The van der Waals surface area contributed by atoms with Crippen LogP contribution in [0, 0.1) is 28.5 Å². The van der Waals surface area contributed by atoms with Gasteiger partial charge in [-0.05, 0) is 73.2 Å². The molecule has 1 fully saturated rings. The van der Waals surface area contributed by atoms with Gasteiger partial charge in [-0.2, -0.15) is 23.5 Å². The molecule has 0 saturated heterocycles. The average molecular weight is 590 g/mol. The Bertz CT molecular complexity index is 1740. The van der Waals surface area contributed by atoms with E-state index in [0.29, 0.717) is 29.5 Å².